The van der Waals surface area contributed by atoms with Gasteiger partial charge in [-0.1, -0.05) is 0 Å². The van der Waals surface area contributed by atoms with Crippen LogP contribution in [0.2, 0.25) is 0 Å². The summed E-state index contributed by atoms with van der Waals surface area (Å²) in [6, 6.07) is 9.87. The molecule has 0 bridgehead atoms. The van der Waals surface area contributed by atoms with Crippen molar-refractivity contribution in [2.45, 2.75) is 19.0 Å². The van der Waals surface area contributed by atoms with E-state index in [-0.39, 0.29) is 5.69 Å². The van der Waals surface area contributed by atoms with Crippen LogP contribution < -0.4 is 0 Å². The van der Waals surface area contributed by atoms with Crippen molar-refractivity contribution in [2.24, 2.45) is 0 Å². The molecular formula is C16H12N6O2S. The number of thioether (sulfide) groups is 1. The lowest BCUT2D eigenvalue weighted by atomic mass is 10.2. The van der Waals surface area contributed by atoms with E-state index in [9.17, 15) is 10.1 Å². The molecule has 1 aromatic carbocycles. The van der Waals surface area contributed by atoms with Crippen molar-refractivity contribution in [1.82, 2.24) is 19.6 Å². The maximum Gasteiger partial charge on any atom is 0.269 e. The number of rotatable bonds is 4. The van der Waals surface area contributed by atoms with Crippen molar-refractivity contribution >= 4 is 28.1 Å². The number of aromatic nitrogens is 4. The number of hydrogen-bond donors (Lipinski definition) is 0. The summed E-state index contributed by atoms with van der Waals surface area (Å²) in [5.74, 6) is 0.486. The molecule has 0 aliphatic carbocycles. The summed E-state index contributed by atoms with van der Waals surface area (Å²) in [4.78, 5) is 19.6. The highest BCUT2D eigenvalue weighted by molar-refractivity contribution is 8.08. The van der Waals surface area contributed by atoms with Crippen LogP contribution in [0.1, 0.15) is 17.0 Å². The van der Waals surface area contributed by atoms with E-state index in [2.05, 4.69) is 15.1 Å². The second-order valence-corrected chi connectivity index (χ2v) is 6.20. The molecule has 2 heterocycles. The van der Waals surface area contributed by atoms with E-state index in [0.717, 1.165) is 11.4 Å². The molecule has 0 saturated heterocycles. The summed E-state index contributed by atoms with van der Waals surface area (Å²) in [5, 5.41) is 24.6. The van der Waals surface area contributed by atoms with Crippen molar-refractivity contribution in [3.05, 3.63) is 63.5 Å². The van der Waals surface area contributed by atoms with Gasteiger partial charge < -0.3 is 0 Å². The number of hydrogen-bond acceptors (Lipinski definition) is 7. The summed E-state index contributed by atoms with van der Waals surface area (Å²) < 4.78 is 1.63. The molecule has 0 fully saturated rings. The number of nitro benzene ring substituents is 1. The van der Waals surface area contributed by atoms with Crippen LogP contribution in [0.25, 0.3) is 10.7 Å². The standard InChI is InChI=1S/C16H12N6O2S/c1-10-9-11(2)21-15(18-10)19-16(20-21)25-14(7-8-17)12-3-5-13(6-4-12)22(23)24/h3-7,9H,1-2H3. The third-order valence-electron chi connectivity index (χ3n) is 3.36. The van der Waals surface area contributed by atoms with Crippen LogP contribution in [0.15, 0.2) is 41.6 Å². The molecule has 0 aliphatic rings. The van der Waals surface area contributed by atoms with Crippen LogP contribution in [0, 0.1) is 35.3 Å². The minimum Gasteiger partial charge on any atom is -0.258 e. The molecule has 2 aromatic heterocycles. The number of nitro groups is 1. The Morgan fingerprint density at radius 1 is 1.32 bits per heavy atom. The Kier molecular flexibility index (Phi) is 4.45. The van der Waals surface area contributed by atoms with E-state index < -0.39 is 4.92 Å². The van der Waals surface area contributed by atoms with Gasteiger partial charge in [0.15, 0.2) is 0 Å². The van der Waals surface area contributed by atoms with Crippen molar-refractivity contribution in [2.75, 3.05) is 0 Å². The summed E-state index contributed by atoms with van der Waals surface area (Å²) >= 11 is 1.21. The highest BCUT2D eigenvalue weighted by Crippen LogP contribution is 2.33. The third kappa shape index (κ3) is 3.49. The molecule has 25 heavy (non-hydrogen) atoms. The number of fused-ring (bicyclic) bond motifs is 1. The average molecular weight is 352 g/mol. The molecule has 0 atom stereocenters. The summed E-state index contributed by atoms with van der Waals surface area (Å²) in [6.45, 7) is 3.79. The molecule has 8 nitrogen and oxygen atoms in total. The van der Waals surface area contributed by atoms with Crippen molar-refractivity contribution in [1.29, 1.82) is 5.26 Å². The van der Waals surface area contributed by atoms with Crippen molar-refractivity contribution in [3.63, 3.8) is 0 Å². The summed E-state index contributed by atoms with van der Waals surface area (Å²) in [5.41, 5.74) is 2.42. The molecule has 3 aromatic rings. The highest BCUT2D eigenvalue weighted by Gasteiger charge is 2.13. The first kappa shape index (κ1) is 16.6. The number of nitrogens with zero attached hydrogens (tertiary/aromatic N) is 6. The van der Waals surface area contributed by atoms with Gasteiger partial charge >= 0.3 is 0 Å². The number of non-ortho nitro benzene ring substituents is 1. The largest absolute Gasteiger partial charge is 0.269 e. The lowest BCUT2D eigenvalue weighted by molar-refractivity contribution is -0.384. The number of aryl methyl sites for hydroxylation is 2. The van der Waals surface area contributed by atoms with E-state index in [1.165, 1.54) is 30.0 Å². The van der Waals surface area contributed by atoms with E-state index in [1.807, 2.05) is 26.0 Å². The Labute approximate surface area is 147 Å². The van der Waals surface area contributed by atoms with Gasteiger partial charge in [-0.15, -0.1) is 5.10 Å². The molecule has 124 valence electrons. The lowest BCUT2D eigenvalue weighted by Gasteiger charge is -2.03. The van der Waals surface area contributed by atoms with Gasteiger partial charge in [-0.3, -0.25) is 10.1 Å². The quantitative estimate of drug-likeness (QED) is 0.306. The summed E-state index contributed by atoms with van der Waals surface area (Å²) in [7, 11) is 0. The van der Waals surface area contributed by atoms with E-state index in [0.29, 0.717) is 21.4 Å². The summed E-state index contributed by atoms with van der Waals surface area (Å²) in [6.07, 6.45) is 1.36. The van der Waals surface area contributed by atoms with Crippen molar-refractivity contribution in [3.8, 4) is 6.07 Å². The fourth-order valence-corrected chi connectivity index (χ4v) is 3.08. The maximum absolute atomic E-state index is 10.8. The van der Waals surface area contributed by atoms with Gasteiger partial charge in [-0.05, 0) is 49.4 Å². The Morgan fingerprint density at radius 2 is 2.04 bits per heavy atom. The molecule has 0 unspecified atom stereocenters. The minimum atomic E-state index is -0.467. The second kappa shape index (κ2) is 6.70. The van der Waals surface area contributed by atoms with Gasteiger partial charge in [-0.2, -0.15) is 10.2 Å². The van der Waals surface area contributed by atoms with Crippen LogP contribution in [0.5, 0.6) is 0 Å². The van der Waals surface area contributed by atoms with E-state index >= 15 is 0 Å². The number of nitriles is 1. The zero-order valence-electron chi connectivity index (χ0n) is 13.4. The van der Waals surface area contributed by atoms with Crippen LogP contribution in [0.3, 0.4) is 0 Å². The Morgan fingerprint density at radius 3 is 2.68 bits per heavy atom. The molecule has 0 saturated carbocycles. The molecule has 9 heteroatoms. The smallest absolute Gasteiger partial charge is 0.258 e. The molecule has 3 rings (SSSR count). The first-order valence-corrected chi connectivity index (χ1v) is 8.03. The monoisotopic (exact) mass is 352 g/mol. The fourth-order valence-electron chi connectivity index (χ4n) is 2.27. The maximum atomic E-state index is 10.8. The topological polar surface area (TPSA) is 110 Å². The minimum absolute atomic E-state index is 0.00814. The van der Waals surface area contributed by atoms with Gasteiger partial charge in [0.1, 0.15) is 0 Å². The Hall–Kier alpha value is -3.25. The molecule has 0 radical (unpaired) electrons. The number of allylic oxidation sites excluding steroid dienone is 1. The predicted octanol–water partition coefficient (Wildman–Crippen LogP) is 3.31. The first-order valence-electron chi connectivity index (χ1n) is 7.21. The predicted molar refractivity (Wildman–Crippen MR) is 92.8 cm³/mol. The normalized spacial score (nSPS) is 11.5. The van der Waals surface area contributed by atoms with E-state index in [1.54, 1.807) is 16.6 Å². The van der Waals surface area contributed by atoms with Crippen LogP contribution in [-0.2, 0) is 0 Å². The third-order valence-corrected chi connectivity index (χ3v) is 4.29. The second-order valence-electron chi connectivity index (χ2n) is 5.19. The SMILES string of the molecule is Cc1cc(C)n2nc(SC(=CC#N)c3ccc([N+](=O)[O-])cc3)nc2n1. The zero-order chi connectivity index (χ0) is 18.0. The highest BCUT2D eigenvalue weighted by atomic mass is 32.2. The fraction of sp³-hybridized carbons (Fsp3) is 0.125. The zero-order valence-corrected chi connectivity index (χ0v) is 14.2. The molecule has 0 amide bonds. The van der Waals surface area contributed by atoms with Crippen LogP contribution in [-0.4, -0.2) is 24.5 Å². The van der Waals surface area contributed by atoms with Gasteiger partial charge in [-0.25, -0.2) is 9.50 Å². The van der Waals surface area contributed by atoms with Gasteiger partial charge in [0.25, 0.3) is 11.5 Å². The number of benzene rings is 1. The van der Waals surface area contributed by atoms with Crippen molar-refractivity contribution < 1.29 is 4.92 Å². The first-order chi connectivity index (χ1) is 12.0. The molecule has 0 N–H and O–H groups in total. The van der Waals surface area contributed by atoms with Gasteiger partial charge in [0, 0.05) is 34.5 Å². The lowest BCUT2D eigenvalue weighted by Crippen LogP contribution is -1.97. The average Bonchev–Trinajstić information content (AvgIpc) is 2.97. The Balaban J connectivity index is 1.95. The van der Waals surface area contributed by atoms with Crippen LogP contribution in [0.4, 0.5) is 5.69 Å². The molecule has 0 aliphatic heterocycles. The molecular weight excluding hydrogens is 340 g/mol. The molecule has 0 spiro atoms. The van der Waals surface area contributed by atoms with E-state index in [4.69, 9.17) is 5.26 Å². The van der Waals surface area contributed by atoms with Crippen LogP contribution >= 0.6 is 11.8 Å². The van der Waals surface area contributed by atoms with Gasteiger partial charge in [0.05, 0.1) is 11.0 Å². The Bertz CT molecular complexity index is 1030. The van der Waals surface area contributed by atoms with Gasteiger partial charge in [0.2, 0.25) is 5.16 Å².